The Morgan fingerprint density at radius 1 is 1.09 bits per heavy atom. The molecule has 32 heavy (non-hydrogen) atoms. The molecule has 0 radical (unpaired) electrons. The van der Waals surface area contributed by atoms with E-state index in [4.69, 9.17) is 9.40 Å². The summed E-state index contributed by atoms with van der Waals surface area (Å²) in [4.78, 5) is 21.7. The topological polar surface area (TPSA) is 64.2 Å². The van der Waals surface area contributed by atoms with Crippen molar-refractivity contribution in [3.63, 3.8) is 0 Å². The molecule has 0 aliphatic rings. The lowest BCUT2D eigenvalue weighted by Crippen LogP contribution is -2.30. The quantitative estimate of drug-likeness (QED) is 0.328. The maximum Gasteiger partial charge on any atom is 0.255 e. The molecule has 0 spiro atoms. The van der Waals surface area contributed by atoms with Crippen LogP contribution in [-0.2, 0) is 19.6 Å². The molecule has 0 fully saturated rings. The Labute approximate surface area is 189 Å². The van der Waals surface area contributed by atoms with Crippen molar-refractivity contribution in [2.45, 2.75) is 26.6 Å². The highest BCUT2D eigenvalue weighted by Gasteiger charge is 2.23. The molecule has 1 aromatic carbocycles. The summed E-state index contributed by atoms with van der Waals surface area (Å²) in [5.74, 6) is 0.669. The first kappa shape index (κ1) is 20.2. The van der Waals surface area contributed by atoms with Crippen molar-refractivity contribution in [1.29, 1.82) is 0 Å². The van der Waals surface area contributed by atoms with Crippen LogP contribution in [0.3, 0.4) is 0 Å². The predicted octanol–water partition coefficient (Wildman–Crippen LogP) is 5.62. The average molecular weight is 443 g/mol. The maximum atomic E-state index is 13.9. The molecule has 5 aromatic rings. The fourth-order valence-corrected chi connectivity index (χ4v) is 4.48. The lowest BCUT2D eigenvalue weighted by atomic mass is 10.1. The van der Waals surface area contributed by atoms with E-state index in [1.54, 1.807) is 23.8 Å². The first-order valence-electron chi connectivity index (χ1n) is 10.5. The largest absolute Gasteiger partial charge is 0.467 e. The lowest BCUT2D eigenvalue weighted by Gasteiger charge is -2.22. The zero-order valence-electron chi connectivity index (χ0n) is 17.6. The molecule has 5 rings (SSSR count). The minimum absolute atomic E-state index is 0.0740. The molecule has 0 saturated heterocycles. The number of nitrogens with zero attached hydrogens (tertiary/aromatic N) is 4. The van der Waals surface area contributed by atoms with Gasteiger partial charge in [0.05, 0.1) is 42.2 Å². The number of fused-ring (bicyclic) bond motifs is 1. The number of carbonyl (C=O) groups excluding carboxylic acids is 1. The lowest BCUT2D eigenvalue weighted by molar-refractivity contribution is 0.0721. The van der Waals surface area contributed by atoms with Crippen LogP contribution in [0.5, 0.6) is 0 Å². The normalized spacial score (nSPS) is 11.2. The number of amides is 1. The summed E-state index contributed by atoms with van der Waals surface area (Å²) < 4.78 is 7.38. The number of hydrogen-bond donors (Lipinski definition) is 0. The van der Waals surface area contributed by atoms with Gasteiger partial charge in [-0.3, -0.25) is 4.79 Å². The van der Waals surface area contributed by atoms with Crippen molar-refractivity contribution < 1.29 is 9.21 Å². The number of furan rings is 1. The van der Waals surface area contributed by atoms with Gasteiger partial charge in [0.1, 0.15) is 5.76 Å². The fraction of sp³-hybridized carbons (Fsp3) is 0.160. The molecule has 0 aliphatic carbocycles. The van der Waals surface area contributed by atoms with Crippen LogP contribution in [0.25, 0.3) is 22.3 Å². The van der Waals surface area contributed by atoms with Gasteiger partial charge in [0.2, 0.25) is 0 Å². The monoisotopic (exact) mass is 442 g/mol. The van der Waals surface area contributed by atoms with Gasteiger partial charge in [0, 0.05) is 17.0 Å². The summed E-state index contributed by atoms with van der Waals surface area (Å²) in [6.07, 6.45) is 3.37. The van der Waals surface area contributed by atoms with Crippen molar-refractivity contribution in [2.75, 3.05) is 0 Å². The van der Waals surface area contributed by atoms with Crippen LogP contribution in [-0.4, -0.2) is 25.6 Å². The Morgan fingerprint density at radius 2 is 1.97 bits per heavy atom. The van der Waals surface area contributed by atoms with Gasteiger partial charge < -0.3 is 9.32 Å². The van der Waals surface area contributed by atoms with Gasteiger partial charge in [0.25, 0.3) is 5.91 Å². The van der Waals surface area contributed by atoms with E-state index in [0.717, 1.165) is 27.3 Å². The van der Waals surface area contributed by atoms with Crippen LogP contribution in [0.1, 0.15) is 27.9 Å². The van der Waals surface area contributed by atoms with Crippen molar-refractivity contribution >= 4 is 28.3 Å². The molecule has 0 N–H and O–H groups in total. The van der Waals surface area contributed by atoms with Gasteiger partial charge >= 0.3 is 0 Å². The minimum Gasteiger partial charge on any atom is -0.467 e. The van der Waals surface area contributed by atoms with E-state index in [1.807, 2.05) is 82.5 Å². The van der Waals surface area contributed by atoms with Crippen LogP contribution in [0.15, 0.2) is 82.9 Å². The number of carbonyl (C=O) groups is 1. The molecular formula is C25H22N4O2S. The number of hydrogen-bond acceptors (Lipinski definition) is 5. The summed E-state index contributed by atoms with van der Waals surface area (Å²) in [5.41, 5.74) is 3.02. The third kappa shape index (κ3) is 3.94. The number of aryl methyl sites for hydroxylation is 1. The first-order chi connectivity index (χ1) is 15.7. The highest BCUT2D eigenvalue weighted by atomic mass is 32.1. The zero-order valence-corrected chi connectivity index (χ0v) is 18.5. The zero-order chi connectivity index (χ0) is 21.9. The molecule has 7 heteroatoms. The Morgan fingerprint density at radius 3 is 2.69 bits per heavy atom. The van der Waals surface area contributed by atoms with E-state index in [-0.39, 0.29) is 5.91 Å². The Bertz CT molecular complexity index is 1290. The first-order valence-corrected chi connectivity index (χ1v) is 11.4. The van der Waals surface area contributed by atoms with E-state index in [2.05, 4.69) is 5.10 Å². The smallest absolute Gasteiger partial charge is 0.255 e. The Kier molecular flexibility index (Phi) is 5.56. The van der Waals surface area contributed by atoms with Gasteiger partial charge in [-0.1, -0.05) is 36.4 Å². The summed E-state index contributed by atoms with van der Waals surface area (Å²) >= 11 is 1.63. The van der Waals surface area contributed by atoms with Gasteiger partial charge in [-0.25, -0.2) is 9.67 Å². The van der Waals surface area contributed by atoms with Crippen LogP contribution in [0.4, 0.5) is 0 Å². The molecule has 4 heterocycles. The summed E-state index contributed by atoms with van der Waals surface area (Å²) in [7, 11) is 0. The van der Waals surface area contributed by atoms with E-state index in [0.29, 0.717) is 30.8 Å². The number of benzene rings is 1. The molecule has 0 aliphatic heterocycles. The van der Waals surface area contributed by atoms with Gasteiger partial charge in [-0.15, -0.1) is 11.3 Å². The van der Waals surface area contributed by atoms with Gasteiger partial charge in [-0.05, 0) is 36.6 Å². The SMILES string of the molecule is CCn1ncc2c(C(=O)N(Cc3ccco3)Cc3cccs3)cc(-c3ccccc3)nc21. The number of aromatic nitrogens is 3. The van der Waals surface area contributed by atoms with Crippen molar-refractivity contribution in [3.05, 3.63) is 94.7 Å². The second-order valence-electron chi connectivity index (χ2n) is 7.44. The molecule has 6 nitrogen and oxygen atoms in total. The van der Waals surface area contributed by atoms with E-state index in [1.165, 1.54) is 0 Å². The van der Waals surface area contributed by atoms with Gasteiger partial charge in [-0.2, -0.15) is 5.10 Å². The van der Waals surface area contributed by atoms with Crippen LogP contribution >= 0.6 is 11.3 Å². The third-order valence-electron chi connectivity index (χ3n) is 5.35. The van der Waals surface area contributed by atoms with Crippen molar-refractivity contribution in [3.8, 4) is 11.3 Å². The molecule has 0 atom stereocenters. The fourth-order valence-electron chi connectivity index (χ4n) is 3.76. The predicted molar refractivity (Wildman–Crippen MR) is 125 cm³/mol. The second-order valence-corrected chi connectivity index (χ2v) is 8.47. The molecular weight excluding hydrogens is 420 g/mol. The average Bonchev–Trinajstić information content (AvgIpc) is 3.60. The molecule has 0 bridgehead atoms. The third-order valence-corrected chi connectivity index (χ3v) is 6.21. The molecule has 0 unspecified atom stereocenters. The molecule has 160 valence electrons. The number of rotatable bonds is 7. The Hall–Kier alpha value is -3.71. The number of pyridine rings is 1. The Balaban J connectivity index is 1.61. The van der Waals surface area contributed by atoms with E-state index < -0.39 is 0 Å². The summed E-state index contributed by atoms with van der Waals surface area (Å²) in [6.45, 7) is 3.58. The summed E-state index contributed by atoms with van der Waals surface area (Å²) in [6, 6.07) is 19.6. The molecule has 4 aromatic heterocycles. The second kappa shape index (κ2) is 8.80. The van der Waals surface area contributed by atoms with Crippen LogP contribution < -0.4 is 0 Å². The van der Waals surface area contributed by atoms with Crippen LogP contribution in [0.2, 0.25) is 0 Å². The number of thiophene rings is 1. The summed E-state index contributed by atoms with van der Waals surface area (Å²) in [5, 5.41) is 7.25. The van der Waals surface area contributed by atoms with E-state index in [9.17, 15) is 4.79 Å². The highest BCUT2D eigenvalue weighted by Crippen LogP contribution is 2.27. The standard InChI is InChI=1S/C25H22N4O2S/c1-2-29-24-22(15-26-29)21(14-23(27-24)18-8-4-3-5-9-18)25(30)28(16-19-10-6-12-31-19)17-20-11-7-13-32-20/h3-15H,2,16-17H2,1H3. The van der Waals surface area contributed by atoms with Gasteiger partial charge in [0.15, 0.2) is 5.65 Å². The van der Waals surface area contributed by atoms with Crippen molar-refractivity contribution in [1.82, 2.24) is 19.7 Å². The maximum absolute atomic E-state index is 13.9. The van der Waals surface area contributed by atoms with E-state index >= 15 is 0 Å². The highest BCUT2D eigenvalue weighted by molar-refractivity contribution is 7.09. The van der Waals surface area contributed by atoms with Crippen LogP contribution in [0, 0.1) is 0 Å². The van der Waals surface area contributed by atoms with Crippen molar-refractivity contribution in [2.24, 2.45) is 0 Å². The molecule has 0 saturated carbocycles. The minimum atomic E-state index is -0.0740. The molecule has 1 amide bonds.